The van der Waals surface area contributed by atoms with Gasteiger partial charge in [0, 0.05) is 44.5 Å². The number of halogens is 3. The molecular weight excluding hydrogens is 463 g/mol. The van der Waals surface area contributed by atoms with Crippen LogP contribution >= 0.6 is 0 Å². The molecule has 0 spiro atoms. The molecule has 1 aliphatic heterocycles. The van der Waals surface area contributed by atoms with Crippen LogP contribution < -0.4 is 5.32 Å². The molecule has 8 nitrogen and oxygen atoms in total. The molecule has 2 aromatic rings. The molecule has 0 aromatic carbocycles. The topological polar surface area (TPSA) is 100 Å². The number of rotatable bonds is 6. The average molecular weight is 496 g/mol. The van der Waals surface area contributed by atoms with Crippen LogP contribution in [0.25, 0.3) is 11.4 Å². The van der Waals surface area contributed by atoms with Crippen LogP contribution in [0.2, 0.25) is 0 Å². The smallest absolute Gasteiger partial charge is 0.475 e. The Labute approximate surface area is 202 Å². The molecule has 1 saturated carbocycles. The zero-order chi connectivity index (χ0) is 25.5. The maximum Gasteiger partial charge on any atom is 0.490 e. The van der Waals surface area contributed by atoms with E-state index in [9.17, 15) is 13.2 Å². The zero-order valence-electron chi connectivity index (χ0n) is 20.0. The van der Waals surface area contributed by atoms with Crippen LogP contribution in [0.1, 0.15) is 44.3 Å². The number of pyridine rings is 1. The number of ether oxygens (including phenoxy) is 1. The van der Waals surface area contributed by atoms with Gasteiger partial charge in [-0.15, -0.1) is 0 Å². The number of carboxylic acids is 1. The largest absolute Gasteiger partial charge is 0.490 e. The number of nitrogens with one attached hydrogen (secondary N) is 1. The highest BCUT2D eigenvalue weighted by molar-refractivity contribution is 5.73. The lowest BCUT2D eigenvalue weighted by molar-refractivity contribution is -0.192. The van der Waals surface area contributed by atoms with Gasteiger partial charge in [0.1, 0.15) is 11.6 Å². The van der Waals surface area contributed by atoms with Crippen molar-refractivity contribution in [2.75, 3.05) is 32.1 Å². The van der Waals surface area contributed by atoms with Gasteiger partial charge in [-0.25, -0.2) is 14.8 Å². The van der Waals surface area contributed by atoms with E-state index in [2.05, 4.69) is 25.2 Å². The third-order valence-corrected chi connectivity index (χ3v) is 6.59. The molecule has 1 aliphatic carbocycles. The van der Waals surface area contributed by atoms with Crippen LogP contribution in [-0.2, 0) is 9.53 Å². The Balaban J connectivity index is 0.000000429. The number of aromatic nitrogens is 3. The van der Waals surface area contributed by atoms with Gasteiger partial charge in [-0.3, -0.25) is 9.88 Å². The predicted molar refractivity (Wildman–Crippen MR) is 125 cm³/mol. The molecule has 192 valence electrons. The van der Waals surface area contributed by atoms with E-state index in [1.165, 1.54) is 25.7 Å². The summed E-state index contributed by atoms with van der Waals surface area (Å²) < 4.78 is 37.3. The first-order chi connectivity index (χ1) is 16.6. The van der Waals surface area contributed by atoms with Gasteiger partial charge in [0.05, 0.1) is 17.5 Å². The maximum atomic E-state index is 10.6. The number of hydrogen-bond donors (Lipinski definition) is 2. The summed E-state index contributed by atoms with van der Waals surface area (Å²) in [7, 11) is 1.84. The summed E-state index contributed by atoms with van der Waals surface area (Å²) >= 11 is 0. The maximum absolute atomic E-state index is 10.6. The van der Waals surface area contributed by atoms with Crippen LogP contribution in [0.3, 0.4) is 0 Å². The lowest BCUT2D eigenvalue weighted by atomic mass is 9.91. The van der Waals surface area contributed by atoms with E-state index in [1.807, 2.05) is 38.3 Å². The fraction of sp³-hybridized carbons (Fsp3) is 0.583. The molecule has 2 N–H and O–H groups in total. The van der Waals surface area contributed by atoms with E-state index in [-0.39, 0.29) is 5.54 Å². The molecule has 0 radical (unpaired) electrons. The Morgan fingerprint density at radius 2 is 1.86 bits per heavy atom. The van der Waals surface area contributed by atoms with Crippen molar-refractivity contribution in [1.82, 2.24) is 19.9 Å². The number of hydrogen-bond acceptors (Lipinski definition) is 7. The number of alkyl halides is 3. The van der Waals surface area contributed by atoms with Crippen molar-refractivity contribution in [2.45, 2.75) is 63.3 Å². The van der Waals surface area contributed by atoms with Crippen LogP contribution in [0.15, 0.2) is 30.5 Å². The van der Waals surface area contributed by atoms with Crippen LogP contribution in [0.4, 0.5) is 19.0 Å². The molecule has 0 atom stereocenters. The van der Waals surface area contributed by atoms with Gasteiger partial charge >= 0.3 is 12.1 Å². The number of methoxy groups -OCH3 is 1. The van der Waals surface area contributed by atoms with Gasteiger partial charge in [-0.1, -0.05) is 18.9 Å². The van der Waals surface area contributed by atoms with Crippen molar-refractivity contribution in [1.29, 1.82) is 0 Å². The van der Waals surface area contributed by atoms with Crippen molar-refractivity contribution in [3.05, 3.63) is 36.3 Å². The second-order valence-corrected chi connectivity index (χ2v) is 8.91. The molecule has 2 aromatic heterocycles. The molecule has 3 heterocycles. The minimum atomic E-state index is -5.08. The number of carbonyl (C=O) groups is 1. The SMILES string of the molecule is COC1CCN(C2(CNc3cc(-c4ccccn4)nc(C)n3)CCCC2)CC1.O=C(O)C(F)(F)F. The van der Waals surface area contributed by atoms with Crippen LogP contribution in [0.5, 0.6) is 0 Å². The summed E-state index contributed by atoms with van der Waals surface area (Å²) in [6.45, 7) is 5.13. The Hall–Kier alpha value is -2.79. The highest BCUT2D eigenvalue weighted by atomic mass is 19.4. The van der Waals surface area contributed by atoms with E-state index < -0.39 is 12.1 Å². The lowest BCUT2D eigenvalue weighted by Crippen LogP contribution is -2.55. The minimum Gasteiger partial charge on any atom is -0.475 e. The Bertz CT molecular complexity index is 961. The third-order valence-electron chi connectivity index (χ3n) is 6.59. The lowest BCUT2D eigenvalue weighted by Gasteiger charge is -2.45. The number of aliphatic carboxylic acids is 1. The predicted octanol–water partition coefficient (Wildman–Crippen LogP) is 4.32. The van der Waals surface area contributed by atoms with Crippen molar-refractivity contribution >= 4 is 11.8 Å². The number of likely N-dealkylation sites (tertiary alicyclic amines) is 1. The van der Waals surface area contributed by atoms with Gasteiger partial charge in [0.2, 0.25) is 0 Å². The molecule has 11 heteroatoms. The normalized spacial score (nSPS) is 18.5. The van der Waals surface area contributed by atoms with E-state index in [4.69, 9.17) is 14.6 Å². The molecule has 35 heavy (non-hydrogen) atoms. The summed E-state index contributed by atoms with van der Waals surface area (Å²) in [4.78, 5) is 25.2. The van der Waals surface area contributed by atoms with Gasteiger partial charge in [0.25, 0.3) is 0 Å². The summed E-state index contributed by atoms with van der Waals surface area (Å²) in [6.07, 6.45) is 4.55. The van der Waals surface area contributed by atoms with Gasteiger partial charge in [-0.05, 0) is 44.7 Å². The van der Waals surface area contributed by atoms with Crippen LogP contribution in [0, 0.1) is 6.92 Å². The summed E-state index contributed by atoms with van der Waals surface area (Å²) in [6, 6.07) is 7.93. The monoisotopic (exact) mass is 495 g/mol. The molecule has 4 rings (SSSR count). The summed E-state index contributed by atoms with van der Waals surface area (Å²) in [5.41, 5.74) is 1.99. The number of anilines is 1. The first-order valence-electron chi connectivity index (χ1n) is 11.7. The van der Waals surface area contributed by atoms with Gasteiger partial charge in [0.15, 0.2) is 0 Å². The Morgan fingerprint density at radius 1 is 1.20 bits per heavy atom. The van der Waals surface area contributed by atoms with E-state index in [1.54, 1.807) is 6.20 Å². The molecule has 1 saturated heterocycles. The standard InChI is InChI=1S/C22H31N5O.C2HF3O2/c1-17-25-20(19-7-3-6-12-23-19)15-21(26-17)24-16-22(10-4-5-11-22)27-13-8-18(28-2)9-14-27;3-2(4,5)1(6)7/h3,6-7,12,15,18H,4-5,8-11,13-14,16H2,1-2H3,(H,24,25,26);(H,6,7). The Morgan fingerprint density at radius 3 is 2.40 bits per heavy atom. The van der Waals surface area contributed by atoms with Crippen molar-refractivity contribution in [3.8, 4) is 11.4 Å². The zero-order valence-corrected chi connectivity index (χ0v) is 20.0. The highest BCUT2D eigenvalue weighted by Crippen LogP contribution is 2.37. The second kappa shape index (κ2) is 11.8. The van der Waals surface area contributed by atoms with E-state index in [0.717, 1.165) is 55.5 Å². The quantitative estimate of drug-likeness (QED) is 0.611. The number of nitrogens with zero attached hydrogens (tertiary/aromatic N) is 4. The molecule has 2 aliphatic rings. The summed E-state index contributed by atoms with van der Waals surface area (Å²) in [5, 5.41) is 10.8. The van der Waals surface area contributed by atoms with Crippen molar-refractivity contribution in [3.63, 3.8) is 0 Å². The summed E-state index contributed by atoms with van der Waals surface area (Å²) in [5.74, 6) is -1.09. The molecule has 2 fully saturated rings. The Kier molecular flexibility index (Phi) is 9.01. The minimum absolute atomic E-state index is 0.239. The number of piperidine rings is 1. The second-order valence-electron chi connectivity index (χ2n) is 8.91. The first-order valence-corrected chi connectivity index (χ1v) is 11.7. The van der Waals surface area contributed by atoms with Gasteiger partial charge < -0.3 is 15.2 Å². The molecule has 0 bridgehead atoms. The van der Waals surface area contributed by atoms with Crippen molar-refractivity contribution < 1.29 is 27.8 Å². The van der Waals surface area contributed by atoms with E-state index in [0.29, 0.717) is 6.10 Å². The van der Waals surface area contributed by atoms with Gasteiger partial charge in [-0.2, -0.15) is 13.2 Å². The first kappa shape index (κ1) is 26.8. The fourth-order valence-electron chi connectivity index (χ4n) is 4.76. The average Bonchev–Trinajstić information content (AvgIpc) is 3.33. The number of carboxylic acid groups (broad SMARTS) is 1. The molecular formula is C24H32F3N5O3. The highest BCUT2D eigenvalue weighted by Gasteiger charge is 2.41. The third kappa shape index (κ3) is 7.35. The van der Waals surface area contributed by atoms with Crippen molar-refractivity contribution in [2.24, 2.45) is 0 Å². The fourth-order valence-corrected chi connectivity index (χ4v) is 4.76. The number of aryl methyl sites for hydroxylation is 1. The van der Waals surface area contributed by atoms with E-state index >= 15 is 0 Å². The molecule has 0 unspecified atom stereocenters. The molecule has 0 amide bonds. The van der Waals surface area contributed by atoms with Crippen LogP contribution in [-0.4, -0.2) is 75.5 Å².